The van der Waals surface area contributed by atoms with Crippen LogP contribution in [0.15, 0.2) is 36.7 Å². The summed E-state index contributed by atoms with van der Waals surface area (Å²) in [5.41, 5.74) is 1.67. The van der Waals surface area contributed by atoms with E-state index in [1.54, 1.807) is 6.07 Å². The Balaban J connectivity index is 2.42. The highest BCUT2D eigenvalue weighted by Gasteiger charge is 2.12. The minimum Gasteiger partial charge on any atom is -0.496 e. The van der Waals surface area contributed by atoms with Gasteiger partial charge in [-0.15, -0.1) is 0 Å². The second-order valence-corrected chi connectivity index (χ2v) is 4.04. The van der Waals surface area contributed by atoms with Crippen LogP contribution < -0.4 is 10.1 Å². The van der Waals surface area contributed by atoms with E-state index in [2.05, 4.69) is 10.3 Å². The van der Waals surface area contributed by atoms with Gasteiger partial charge in [0.05, 0.1) is 25.5 Å². The predicted octanol–water partition coefficient (Wildman–Crippen LogP) is 3.57. The number of hydrogen-bond acceptors (Lipinski definition) is 3. The summed E-state index contributed by atoms with van der Waals surface area (Å²) >= 11 is 0. The molecule has 2 aromatic rings. The number of benzene rings is 1. The summed E-state index contributed by atoms with van der Waals surface area (Å²) in [6, 6.07) is 5.72. The van der Waals surface area contributed by atoms with Crippen molar-refractivity contribution in [1.29, 1.82) is 0 Å². The highest BCUT2D eigenvalue weighted by molar-refractivity contribution is 5.81. The molecular formula is C14H13F3N2O. The molecule has 0 fully saturated rings. The SMILES string of the molecule is COc1cc(F)ccc1-c1ccncc1NCC(F)F. The van der Waals surface area contributed by atoms with Crippen molar-refractivity contribution in [3.8, 4) is 16.9 Å². The van der Waals surface area contributed by atoms with Gasteiger partial charge in [-0.05, 0) is 18.2 Å². The molecular weight excluding hydrogens is 269 g/mol. The molecule has 6 heteroatoms. The molecule has 0 bridgehead atoms. The molecule has 0 radical (unpaired) electrons. The van der Waals surface area contributed by atoms with E-state index in [-0.39, 0.29) is 0 Å². The van der Waals surface area contributed by atoms with Crippen LogP contribution in [-0.4, -0.2) is 25.1 Å². The number of hydrogen-bond donors (Lipinski definition) is 1. The van der Waals surface area contributed by atoms with E-state index in [0.29, 0.717) is 22.6 Å². The van der Waals surface area contributed by atoms with Crippen molar-refractivity contribution >= 4 is 5.69 Å². The molecule has 1 heterocycles. The number of ether oxygens (including phenoxy) is 1. The Kier molecular flexibility index (Phi) is 4.45. The topological polar surface area (TPSA) is 34.1 Å². The quantitative estimate of drug-likeness (QED) is 0.910. The van der Waals surface area contributed by atoms with Crippen molar-refractivity contribution in [1.82, 2.24) is 4.98 Å². The van der Waals surface area contributed by atoms with Gasteiger partial charge in [0.2, 0.25) is 0 Å². The summed E-state index contributed by atoms with van der Waals surface area (Å²) in [6.07, 6.45) is 0.504. The first-order chi connectivity index (χ1) is 9.61. The normalized spacial score (nSPS) is 10.7. The van der Waals surface area contributed by atoms with Crippen LogP contribution in [0.4, 0.5) is 18.9 Å². The van der Waals surface area contributed by atoms with Gasteiger partial charge in [0.15, 0.2) is 0 Å². The molecule has 106 valence electrons. The maximum Gasteiger partial charge on any atom is 0.255 e. The average Bonchev–Trinajstić information content (AvgIpc) is 2.45. The van der Waals surface area contributed by atoms with Gasteiger partial charge in [-0.3, -0.25) is 4.98 Å². The second-order valence-electron chi connectivity index (χ2n) is 4.04. The van der Waals surface area contributed by atoms with Crippen LogP contribution in [0.3, 0.4) is 0 Å². The average molecular weight is 282 g/mol. The number of pyridine rings is 1. The second kappa shape index (κ2) is 6.27. The third kappa shape index (κ3) is 3.20. The zero-order chi connectivity index (χ0) is 14.5. The van der Waals surface area contributed by atoms with Gasteiger partial charge in [-0.1, -0.05) is 0 Å². The van der Waals surface area contributed by atoms with Crippen LogP contribution in [0.1, 0.15) is 0 Å². The molecule has 0 saturated heterocycles. The molecule has 0 aliphatic carbocycles. The number of methoxy groups -OCH3 is 1. The predicted molar refractivity (Wildman–Crippen MR) is 70.7 cm³/mol. The summed E-state index contributed by atoms with van der Waals surface area (Å²) in [5, 5.41) is 2.62. The van der Waals surface area contributed by atoms with E-state index in [1.807, 2.05) is 0 Å². The lowest BCUT2D eigenvalue weighted by atomic mass is 10.0. The molecule has 0 unspecified atom stereocenters. The van der Waals surface area contributed by atoms with E-state index in [4.69, 9.17) is 4.74 Å². The number of aromatic nitrogens is 1. The Morgan fingerprint density at radius 3 is 2.75 bits per heavy atom. The van der Waals surface area contributed by atoms with Gasteiger partial charge in [-0.2, -0.15) is 0 Å². The van der Waals surface area contributed by atoms with Crippen LogP contribution in [0.5, 0.6) is 5.75 Å². The van der Waals surface area contributed by atoms with E-state index < -0.39 is 18.8 Å². The number of halogens is 3. The van der Waals surface area contributed by atoms with E-state index >= 15 is 0 Å². The first-order valence-corrected chi connectivity index (χ1v) is 5.91. The molecule has 0 spiro atoms. The number of anilines is 1. The molecule has 0 aliphatic rings. The minimum absolute atomic E-state index is 0.330. The molecule has 0 amide bonds. The maximum absolute atomic E-state index is 13.2. The fraction of sp³-hybridized carbons (Fsp3) is 0.214. The molecule has 1 N–H and O–H groups in total. The number of rotatable bonds is 5. The Morgan fingerprint density at radius 2 is 2.05 bits per heavy atom. The Labute approximate surface area is 114 Å². The van der Waals surface area contributed by atoms with Crippen molar-refractivity contribution in [2.45, 2.75) is 6.43 Å². The fourth-order valence-corrected chi connectivity index (χ4v) is 1.84. The summed E-state index contributed by atoms with van der Waals surface area (Å²) in [7, 11) is 1.42. The van der Waals surface area contributed by atoms with Gasteiger partial charge in [0.1, 0.15) is 11.6 Å². The molecule has 3 nitrogen and oxygen atoms in total. The molecule has 1 aromatic heterocycles. The van der Waals surface area contributed by atoms with E-state index in [0.717, 1.165) is 0 Å². The van der Waals surface area contributed by atoms with Gasteiger partial charge in [0.25, 0.3) is 6.43 Å². The third-order valence-corrected chi connectivity index (χ3v) is 2.72. The summed E-state index contributed by atoms with van der Waals surface area (Å²) < 4.78 is 42.9. The first kappa shape index (κ1) is 14.2. The lowest BCUT2D eigenvalue weighted by molar-refractivity contribution is 0.163. The van der Waals surface area contributed by atoms with Crippen molar-refractivity contribution in [2.75, 3.05) is 19.0 Å². The van der Waals surface area contributed by atoms with E-state index in [9.17, 15) is 13.2 Å². The lowest BCUT2D eigenvalue weighted by Gasteiger charge is -2.14. The smallest absolute Gasteiger partial charge is 0.255 e. The van der Waals surface area contributed by atoms with Crippen LogP contribution in [-0.2, 0) is 0 Å². The van der Waals surface area contributed by atoms with Gasteiger partial charge in [-0.25, -0.2) is 13.2 Å². The summed E-state index contributed by atoms with van der Waals surface area (Å²) in [6.45, 7) is -0.484. The van der Waals surface area contributed by atoms with Crippen LogP contribution in [0.2, 0.25) is 0 Å². The molecule has 1 aromatic carbocycles. The van der Waals surface area contributed by atoms with Crippen LogP contribution >= 0.6 is 0 Å². The highest BCUT2D eigenvalue weighted by Crippen LogP contribution is 2.34. The monoisotopic (exact) mass is 282 g/mol. The third-order valence-electron chi connectivity index (χ3n) is 2.72. The highest BCUT2D eigenvalue weighted by atomic mass is 19.3. The zero-order valence-electron chi connectivity index (χ0n) is 10.7. The Bertz CT molecular complexity index is 590. The van der Waals surface area contributed by atoms with Crippen LogP contribution in [0.25, 0.3) is 11.1 Å². The number of nitrogens with one attached hydrogen (secondary N) is 1. The van der Waals surface area contributed by atoms with Crippen molar-refractivity contribution in [2.24, 2.45) is 0 Å². The zero-order valence-corrected chi connectivity index (χ0v) is 10.7. The Morgan fingerprint density at radius 1 is 1.25 bits per heavy atom. The first-order valence-electron chi connectivity index (χ1n) is 5.91. The minimum atomic E-state index is -2.47. The van der Waals surface area contributed by atoms with Gasteiger partial charge < -0.3 is 10.1 Å². The van der Waals surface area contributed by atoms with Crippen molar-refractivity contribution in [3.05, 3.63) is 42.5 Å². The Hall–Kier alpha value is -2.24. The molecule has 20 heavy (non-hydrogen) atoms. The molecule has 0 saturated carbocycles. The summed E-state index contributed by atoms with van der Waals surface area (Å²) in [4.78, 5) is 3.90. The van der Waals surface area contributed by atoms with Crippen LogP contribution in [0, 0.1) is 5.82 Å². The maximum atomic E-state index is 13.2. The van der Waals surface area contributed by atoms with Crippen molar-refractivity contribution in [3.63, 3.8) is 0 Å². The summed E-state index contributed by atoms with van der Waals surface area (Å²) in [5.74, 6) is -0.0990. The standard InChI is InChI=1S/C14H13F3N2O/c1-20-13-6-9(15)2-3-11(13)10-4-5-18-7-12(10)19-8-14(16)17/h2-7,14,19H,8H2,1H3. The van der Waals surface area contributed by atoms with Crippen molar-refractivity contribution < 1.29 is 17.9 Å². The molecule has 0 aliphatic heterocycles. The van der Waals surface area contributed by atoms with E-state index in [1.165, 1.54) is 37.7 Å². The largest absolute Gasteiger partial charge is 0.496 e. The lowest BCUT2D eigenvalue weighted by Crippen LogP contribution is -2.11. The number of alkyl halides is 2. The number of nitrogens with zero attached hydrogens (tertiary/aromatic N) is 1. The van der Waals surface area contributed by atoms with Gasteiger partial charge >= 0.3 is 0 Å². The molecule has 0 atom stereocenters. The fourth-order valence-electron chi connectivity index (χ4n) is 1.84. The van der Waals surface area contributed by atoms with Gasteiger partial charge in [0, 0.05) is 23.4 Å². The molecule has 2 rings (SSSR count).